The maximum Gasteiger partial charge on any atom is 0.259 e. The summed E-state index contributed by atoms with van der Waals surface area (Å²) in [7, 11) is 3.45. The fourth-order valence-corrected chi connectivity index (χ4v) is 2.57. The number of hydrogen-bond donors (Lipinski definition) is 0. The van der Waals surface area contributed by atoms with Gasteiger partial charge in [-0.2, -0.15) is 0 Å². The van der Waals surface area contributed by atoms with Crippen LogP contribution < -0.4 is 10.2 Å². The SMILES string of the molecule is CCCN(Cc1cccc(OC)c1)C(=O)c1cn(C)c(C)cc1=O. The van der Waals surface area contributed by atoms with Gasteiger partial charge in [-0.1, -0.05) is 19.1 Å². The zero-order valence-corrected chi connectivity index (χ0v) is 14.7. The second-order valence-corrected chi connectivity index (χ2v) is 5.88. The number of methoxy groups -OCH3 is 1. The highest BCUT2D eigenvalue weighted by Gasteiger charge is 2.19. The van der Waals surface area contributed by atoms with Crippen molar-refractivity contribution in [2.45, 2.75) is 26.8 Å². The minimum Gasteiger partial charge on any atom is -0.497 e. The Morgan fingerprint density at radius 1 is 1.29 bits per heavy atom. The summed E-state index contributed by atoms with van der Waals surface area (Å²) in [4.78, 5) is 26.8. The van der Waals surface area contributed by atoms with Crippen molar-refractivity contribution in [1.82, 2.24) is 9.47 Å². The van der Waals surface area contributed by atoms with Crippen LogP contribution in [0.4, 0.5) is 0 Å². The number of rotatable bonds is 6. The number of aromatic nitrogens is 1. The topological polar surface area (TPSA) is 51.5 Å². The predicted octanol–water partition coefficient (Wildman–Crippen LogP) is 2.75. The number of benzene rings is 1. The fourth-order valence-electron chi connectivity index (χ4n) is 2.57. The summed E-state index contributed by atoms with van der Waals surface area (Å²) in [6.45, 7) is 4.89. The summed E-state index contributed by atoms with van der Waals surface area (Å²) in [5.74, 6) is 0.517. The molecule has 1 aromatic heterocycles. The van der Waals surface area contributed by atoms with E-state index in [1.807, 2.05) is 45.2 Å². The first kappa shape index (κ1) is 17.8. The lowest BCUT2D eigenvalue weighted by Gasteiger charge is -2.22. The molecule has 1 heterocycles. The molecular weight excluding hydrogens is 304 g/mol. The molecule has 5 heteroatoms. The van der Waals surface area contributed by atoms with E-state index in [-0.39, 0.29) is 16.9 Å². The second kappa shape index (κ2) is 7.81. The van der Waals surface area contributed by atoms with Gasteiger partial charge in [-0.3, -0.25) is 9.59 Å². The monoisotopic (exact) mass is 328 g/mol. The highest BCUT2D eigenvalue weighted by molar-refractivity contribution is 5.93. The van der Waals surface area contributed by atoms with Crippen LogP contribution >= 0.6 is 0 Å². The first-order chi connectivity index (χ1) is 11.5. The predicted molar refractivity (Wildman–Crippen MR) is 94.4 cm³/mol. The van der Waals surface area contributed by atoms with Crippen LogP contribution in [0.25, 0.3) is 0 Å². The van der Waals surface area contributed by atoms with Gasteiger partial charge >= 0.3 is 0 Å². The Morgan fingerprint density at radius 3 is 2.71 bits per heavy atom. The molecule has 0 atom stereocenters. The molecule has 0 aliphatic rings. The van der Waals surface area contributed by atoms with Crippen LogP contribution in [0.1, 0.15) is 35.0 Å². The molecule has 0 fully saturated rings. The molecule has 0 spiro atoms. The summed E-state index contributed by atoms with van der Waals surface area (Å²) in [6, 6.07) is 9.12. The number of carbonyl (C=O) groups excluding carboxylic acids is 1. The smallest absolute Gasteiger partial charge is 0.259 e. The summed E-state index contributed by atoms with van der Waals surface area (Å²) in [6.07, 6.45) is 2.44. The molecule has 0 saturated carbocycles. The van der Waals surface area contributed by atoms with Crippen molar-refractivity contribution in [3.63, 3.8) is 0 Å². The van der Waals surface area contributed by atoms with Gasteiger partial charge in [0.2, 0.25) is 0 Å². The molecule has 0 bridgehead atoms. The Balaban J connectivity index is 2.31. The summed E-state index contributed by atoms with van der Waals surface area (Å²) < 4.78 is 7.03. The lowest BCUT2D eigenvalue weighted by Crippen LogP contribution is -2.35. The standard InChI is InChI=1S/C19H24N2O3/c1-5-9-21(12-15-7-6-8-16(11-15)24-4)19(23)17-13-20(3)14(2)10-18(17)22/h6-8,10-11,13H,5,9,12H2,1-4H3. The number of carbonyl (C=O) groups is 1. The van der Waals surface area contributed by atoms with E-state index in [9.17, 15) is 9.59 Å². The average Bonchev–Trinajstić information content (AvgIpc) is 2.57. The van der Waals surface area contributed by atoms with Crippen LogP contribution in [0, 0.1) is 6.92 Å². The Morgan fingerprint density at radius 2 is 2.04 bits per heavy atom. The lowest BCUT2D eigenvalue weighted by atomic mass is 10.1. The third kappa shape index (κ3) is 4.04. The van der Waals surface area contributed by atoms with Crippen molar-refractivity contribution in [3.05, 3.63) is 63.6 Å². The number of nitrogens with zero attached hydrogens (tertiary/aromatic N) is 2. The fraction of sp³-hybridized carbons (Fsp3) is 0.368. The third-order valence-electron chi connectivity index (χ3n) is 4.00. The first-order valence-electron chi connectivity index (χ1n) is 8.05. The van der Waals surface area contributed by atoms with Crippen molar-refractivity contribution in [2.24, 2.45) is 7.05 Å². The molecule has 0 aliphatic carbocycles. The van der Waals surface area contributed by atoms with Gasteiger partial charge < -0.3 is 14.2 Å². The molecule has 128 valence electrons. The minimum absolute atomic E-state index is 0.208. The van der Waals surface area contributed by atoms with E-state index in [4.69, 9.17) is 4.74 Å². The van der Waals surface area contributed by atoms with Gasteiger partial charge in [0, 0.05) is 38.1 Å². The maximum absolute atomic E-state index is 12.9. The molecule has 5 nitrogen and oxygen atoms in total. The van der Waals surface area contributed by atoms with Gasteiger partial charge in [0.25, 0.3) is 5.91 Å². The van der Waals surface area contributed by atoms with Crippen molar-refractivity contribution < 1.29 is 9.53 Å². The number of pyridine rings is 1. The Labute approximate surface area is 142 Å². The Bertz CT molecular complexity index is 780. The van der Waals surface area contributed by atoms with Crippen molar-refractivity contribution in [2.75, 3.05) is 13.7 Å². The summed E-state index contributed by atoms with van der Waals surface area (Å²) >= 11 is 0. The normalized spacial score (nSPS) is 10.5. The zero-order valence-electron chi connectivity index (χ0n) is 14.7. The van der Waals surface area contributed by atoms with Crippen LogP contribution in [0.5, 0.6) is 5.75 Å². The van der Waals surface area contributed by atoms with Gasteiger partial charge in [-0.25, -0.2) is 0 Å². The summed E-state index contributed by atoms with van der Waals surface area (Å²) in [5.41, 5.74) is 1.77. The Kier molecular flexibility index (Phi) is 5.79. The van der Waals surface area contributed by atoms with E-state index in [1.165, 1.54) is 6.07 Å². The Hall–Kier alpha value is -2.56. The molecule has 0 radical (unpaired) electrons. The molecular formula is C19H24N2O3. The van der Waals surface area contributed by atoms with Crippen LogP contribution in [-0.4, -0.2) is 29.0 Å². The number of aryl methyl sites for hydroxylation is 2. The largest absolute Gasteiger partial charge is 0.497 e. The van der Waals surface area contributed by atoms with Crippen molar-refractivity contribution in [1.29, 1.82) is 0 Å². The second-order valence-electron chi connectivity index (χ2n) is 5.88. The van der Waals surface area contributed by atoms with E-state index in [0.717, 1.165) is 23.4 Å². The van der Waals surface area contributed by atoms with E-state index >= 15 is 0 Å². The third-order valence-corrected chi connectivity index (χ3v) is 4.00. The quantitative estimate of drug-likeness (QED) is 0.819. The van der Waals surface area contributed by atoms with Crippen LogP contribution in [0.3, 0.4) is 0 Å². The first-order valence-corrected chi connectivity index (χ1v) is 8.05. The minimum atomic E-state index is -0.236. The van der Waals surface area contributed by atoms with Crippen LogP contribution in [-0.2, 0) is 13.6 Å². The van der Waals surface area contributed by atoms with Crippen molar-refractivity contribution in [3.8, 4) is 5.75 Å². The lowest BCUT2D eigenvalue weighted by molar-refractivity contribution is 0.0741. The van der Waals surface area contributed by atoms with Gasteiger partial charge in [-0.15, -0.1) is 0 Å². The average molecular weight is 328 g/mol. The molecule has 1 aromatic carbocycles. The molecule has 1 amide bonds. The molecule has 2 aromatic rings. The van der Waals surface area contributed by atoms with Gasteiger partial charge in [0.1, 0.15) is 11.3 Å². The highest BCUT2D eigenvalue weighted by Crippen LogP contribution is 2.15. The van der Waals surface area contributed by atoms with Crippen molar-refractivity contribution >= 4 is 5.91 Å². The van der Waals surface area contributed by atoms with E-state index in [1.54, 1.807) is 22.8 Å². The number of ether oxygens (including phenoxy) is 1. The molecule has 0 N–H and O–H groups in total. The van der Waals surface area contributed by atoms with E-state index in [2.05, 4.69) is 0 Å². The highest BCUT2D eigenvalue weighted by atomic mass is 16.5. The molecule has 0 aliphatic heterocycles. The number of hydrogen-bond acceptors (Lipinski definition) is 3. The van der Waals surface area contributed by atoms with Gasteiger partial charge in [0.15, 0.2) is 5.43 Å². The van der Waals surface area contributed by atoms with Gasteiger partial charge in [-0.05, 0) is 31.0 Å². The maximum atomic E-state index is 12.9. The van der Waals surface area contributed by atoms with E-state index in [0.29, 0.717) is 13.1 Å². The van der Waals surface area contributed by atoms with Crippen LogP contribution in [0.15, 0.2) is 41.3 Å². The zero-order chi connectivity index (χ0) is 17.7. The molecule has 24 heavy (non-hydrogen) atoms. The molecule has 0 unspecified atom stereocenters. The van der Waals surface area contributed by atoms with Gasteiger partial charge in [0.05, 0.1) is 7.11 Å². The van der Waals surface area contributed by atoms with E-state index < -0.39 is 0 Å². The molecule has 0 saturated heterocycles. The summed E-state index contributed by atoms with van der Waals surface area (Å²) in [5, 5.41) is 0. The van der Waals surface area contributed by atoms with Crippen LogP contribution in [0.2, 0.25) is 0 Å². The number of amides is 1. The molecule has 2 rings (SSSR count).